The molecule has 3 heterocycles. The summed E-state index contributed by atoms with van der Waals surface area (Å²) in [6, 6.07) is 9.97. The molecule has 2 aromatic heterocycles. The van der Waals surface area contributed by atoms with E-state index in [1.807, 2.05) is 35.7 Å². The van der Waals surface area contributed by atoms with Crippen LogP contribution in [0, 0.1) is 0 Å². The molecule has 0 aromatic carbocycles. The summed E-state index contributed by atoms with van der Waals surface area (Å²) in [6.07, 6.45) is 2.74. The highest BCUT2D eigenvalue weighted by Gasteiger charge is 2.24. The van der Waals surface area contributed by atoms with Crippen LogP contribution in [-0.2, 0) is 6.54 Å². The summed E-state index contributed by atoms with van der Waals surface area (Å²) in [5.74, 6) is 0.973. The van der Waals surface area contributed by atoms with E-state index in [4.69, 9.17) is 0 Å². The molecule has 5 nitrogen and oxygen atoms in total. The van der Waals surface area contributed by atoms with Gasteiger partial charge in [-0.1, -0.05) is 12.1 Å². The van der Waals surface area contributed by atoms with Crippen molar-refractivity contribution in [1.82, 2.24) is 15.6 Å². The SMILES string of the molecule is O=C(NCc1cccs1)N[C@H]1CCN(c2ccccn2)C1. The number of aromatic nitrogens is 1. The predicted molar refractivity (Wildman–Crippen MR) is 84.5 cm³/mol. The molecule has 2 amide bonds. The molecule has 110 valence electrons. The number of hydrogen-bond donors (Lipinski definition) is 2. The van der Waals surface area contributed by atoms with Crippen LogP contribution in [0.1, 0.15) is 11.3 Å². The van der Waals surface area contributed by atoms with Gasteiger partial charge in [-0.3, -0.25) is 0 Å². The Balaban J connectivity index is 1.45. The van der Waals surface area contributed by atoms with Crippen molar-refractivity contribution in [3.8, 4) is 0 Å². The number of urea groups is 1. The third-order valence-electron chi connectivity index (χ3n) is 3.50. The number of hydrogen-bond acceptors (Lipinski definition) is 4. The third-order valence-corrected chi connectivity index (χ3v) is 4.38. The Kier molecular flexibility index (Phi) is 4.35. The zero-order valence-corrected chi connectivity index (χ0v) is 12.5. The van der Waals surface area contributed by atoms with Crippen LogP contribution in [0.25, 0.3) is 0 Å². The molecule has 6 heteroatoms. The number of rotatable bonds is 4. The minimum Gasteiger partial charge on any atom is -0.354 e. The topological polar surface area (TPSA) is 57.3 Å². The first-order valence-electron chi connectivity index (χ1n) is 7.04. The van der Waals surface area contributed by atoms with Gasteiger partial charge in [0.25, 0.3) is 0 Å². The van der Waals surface area contributed by atoms with Crippen molar-refractivity contribution in [2.45, 2.75) is 19.0 Å². The number of pyridine rings is 1. The number of carbonyl (C=O) groups excluding carboxylic acids is 1. The van der Waals surface area contributed by atoms with Crippen LogP contribution in [0.15, 0.2) is 41.9 Å². The minimum atomic E-state index is -0.101. The molecule has 21 heavy (non-hydrogen) atoms. The number of amides is 2. The highest BCUT2D eigenvalue weighted by Crippen LogP contribution is 2.17. The molecule has 0 bridgehead atoms. The lowest BCUT2D eigenvalue weighted by Gasteiger charge is -2.17. The van der Waals surface area contributed by atoms with Gasteiger partial charge in [0.05, 0.1) is 6.54 Å². The molecular formula is C15H18N4OS. The van der Waals surface area contributed by atoms with Gasteiger partial charge in [-0.25, -0.2) is 9.78 Å². The molecule has 3 rings (SSSR count). The predicted octanol–water partition coefficient (Wildman–Crippen LogP) is 2.22. The van der Waals surface area contributed by atoms with Crippen LogP contribution in [0.4, 0.5) is 10.6 Å². The largest absolute Gasteiger partial charge is 0.354 e. The minimum absolute atomic E-state index is 0.101. The zero-order chi connectivity index (χ0) is 14.5. The molecule has 1 fully saturated rings. The molecule has 0 saturated carbocycles. The highest BCUT2D eigenvalue weighted by atomic mass is 32.1. The Morgan fingerprint density at radius 1 is 1.38 bits per heavy atom. The van der Waals surface area contributed by atoms with Gasteiger partial charge in [0.2, 0.25) is 0 Å². The Hall–Kier alpha value is -2.08. The second-order valence-corrected chi connectivity index (χ2v) is 6.06. The first kappa shape index (κ1) is 13.9. The Labute approximate surface area is 128 Å². The Morgan fingerprint density at radius 3 is 3.10 bits per heavy atom. The van der Waals surface area contributed by atoms with E-state index in [2.05, 4.69) is 20.5 Å². The van der Waals surface area contributed by atoms with Gasteiger partial charge in [-0.2, -0.15) is 0 Å². The normalized spacial score (nSPS) is 17.7. The van der Waals surface area contributed by atoms with Crippen molar-refractivity contribution in [1.29, 1.82) is 0 Å². The van der Waals surface area contributed by atoms with E-state index in [0.717, 1.165) is 30.2 Å². The van der Waals surface area contributed by atoms with Crippen LogP contribution in [0.5, 0.6) is 0 Å². The van der Waals surface area contributed by atoms with Crippen molar-refractivity contribution in [2.75, 3.05) is 18.0 Å². The summed E-state index contributed by atoms with van der Waals surface area (Å²) in [4.78, 5) is 19.6. The van der Waals surface area contributed by atoms with Gasteiger partial charge in [-0.05, 0) is 30.0 Å². The number of nitrogens with one attached hydrogen (secondary N) is 2. The average Bonchev–Trinajstić information content (AvgIpc) is 3.17. The Bertz CT molecular complexity index is 573. The van der Waals surface area contributed by atoms with Crippen LogP contribution < -0.4 is 15.5 Å². The molecule has 2 N–H and O–H groups in total. The quantitative estimate of drug-likeness (QED) is 0.910. The molecule has 0 radical (unpaired) electrons. The number of carbonyl (C=O) groups is 1. The van der Waals surface area contributed by atoms with Crippen LogP contribution in [0.3, 0.4) is 0 Å². The lowest BCUT2D eigenvalue weighted by Crippen LogP contribution is -2.43. The molecule has 0 spiro atoms. The van der Waals surface area contributed by atoms with Crippen LogP contribution >= 0.6 is 11.3 Å². The third kappa shape index (κ3) is 3.72. The average molecular weight is 302 g/mol. The lowest BCUT2D eigenvalue weighted by molar-refractivity contribution is 0.237. The first-order valence-corrected chi connectivity index (χ1v) is 7.92. The standard InChI is InChI=1S/C15H18N4OS/c20-15(17-10-13-4-3-9-21-13)18-12-6-8-19(11-12)14-5-1-2-7-16-14/h1-5,7,9,12H,6,8,10-11H2,(H2,17,18,20)/t12-/m0/s1. The van der Waals surface area contributed by atoms with Gasteiger partial charge >= 0.3 is 6.03 Å². The summed E-state index contributed by atoms with van der Waals surface area (Å²) in [5.41, 5.74) is 0. The van der Waals surface area contributed by atoms with E-state index in [1.54, 1.807) is 17.5 Å². The van der Waals surface area contributed by atoms with Gasteiger partial charge < -0.3 is 15.5 Å². The Morgan fingerprint density at radius 2 is 2.33 bits per heavy atom. The highest BCUT2D eigenvalue weighted by molar-refractivity contribution is 7.09. The second kappa shape index (κ2) is 6.58. The van der Waals surface area contributed by atoms with Gasteiger partial charge in [0.1, 0.15) is 5.82 Å². The van der Waals surface area contributed by atoms with Gasteiger partial charge in [0, 0.05) is 30.2 Å². The fourth-order valence-electron chi connectivity index (χ4n) is 2.44. The maximum Gasteiger partial charge on any atom is 0.315 e. The molecule has 1 saturated heterocycles. The van der Waals surface area contributed by atoms with Crippen molar-refractivity contribution >= 4 is 23.2 Å². The maximum absolute atomic E-state index is 11.9. The van der Waals surface area contributed by atoms with Crippen molar-refractivity contribution in [3.05, 3.63) is 46.8 Å². The smallest absolute Gasteiger partial charge is 0.315 e. The fraction of sp³-hybridized carbons (Fsp3) is 0.333. The number of anilines is 1. The van der Waals surface area contributed by atoms with E-state index in [-0.39, 0.29) is 12.1 Å². The summed E-state index contributed by atoms with van der Waals surface area (Å²) in [5, 5.41) is 7.93. The van der Waals surface area contributed by atoms with E-state index >= 15 is 0 Å². The summed E-state index contributed by atoms with van der Waals surface area (Å²) in [6.45, 7) is 2.32. The summed E-state index contributed by atoms with van der Waals surface area (Å²) < 4.78 is 0. The number of nitrogens with zero attached hydrogens (tertiary/aromatic N) is 2. The zero-order valence-electron chi connectivity index (χ0n) is 11.7. The molecule has 0 aliphatic carbocycles. The van der Waals surface area contributed by atoms with Crippen LogP contribution in [-0.4, -0.2) is 30.1 Å². The van der Waals surface area contributed by atoms with Crippen molar-refractivity contribution in [2.24, 2.45) is 0 Å². The van der Waals surface area contributed by atoms with Gasteiger partial charge in [-0.15, -0.1) is 11.3 Å². The fourth-order valence-corrected chi connectivity index (χ4v) is 3.09. The van der Waals surface area contributed by atoms with Gasteiger partial charge in [0.15, 0.2) is 0 Å². The van der Waals surface area contributed by atoms with Crippen molar-refractivity contribution in [3.63, 3.8) is 0 Å². The van der Waals surface area contributed by atoms with Crippen LogP contribution in [0.2, 0.25) is 0 Å². The summed E-state index contributed by atoms with van der Waals surface area (Å²) >= 11 is 1.65. The second-order valence-electron chi connectivity index (χ2n) is 5.03. The van der Waals surface area contributed by atoms with E-state index in [0.29, 0.717) is 6.54 Å². The molecule has 0 unspecified atom stereocenters. The summed E-state index contributed by atoms with van der Waals surface area (Å²) in [7, 11) is 0. The molecule has 1 atom stereocenters. The maximum atomic E-state index is 11.9. The van der Waals surface area contributed by atoms with Crippen molar-refractivity contribution < 1.29 is 4.79 Å². The van der Waals surface area contributed by atoms with E-state index < -0.39 is 0 Å². The molecule has 1 aliphatic rings. The van der Waals surface area contributed by atoms with E-state index in [9.17, 15) is 4.79 Å². The molecule has 2 aromatic rings. The monoisotopic (exact) mass is 302 g/mol. The van der Waals surface area contributed by atoms with E-state index in [1.165, 1.54) is 0 Å². The first-order chi connectivity index (χ1) is 10.3. The number of thiophene rings is 1. The molecular weight excluding hydrogens is 284 g/mol. The lowest BCUT2D eigenvalue weighted by atomic mass is 10.3. The molecule has 1 aliphatic heterocycles.